The molecule has 0 aliphatic rings. The predicted molar refractivity (Wildman–Crippen MR) is 60.2 cm³/mol. The molecule has 0 radical (unpaired) electrons. The number of benzene rings is 1. The van der Waals surface area contributed by atoms with E-state index in [1.165, 1.54) is 0 Å². The van der Waals surface area contributed by atoms with Gasteiger partial charge in [-0.05, 0) is 12.1 Å². The summed E-state index contributed by atoms with van der Waals surface area (Å²) in [7, 11) is 0. The molecular formula is C9H6BrClN2O. The molecule has 1 aromatic heterocycles. The van der Waals surface area contributed by atoms with E-state index in [0.29, 0.717) is 5.56 Å². The molecule has 0 atom stereocenters. The summed E-state index contributed by atoms with van der Waals surface area (Å²) in [6.07, 6.45) is 1.71. The number of halogens is 2. The van der Waals surface area contributed by atoms with Crippen LogP contribution < -0.4 is 0 Å². The molecule has 3 nitrogen and oxygen atoms in total. The molecule has 0 amide bonds. The molecule has 0 saturated heterocycles. The van der Waals surface area contributed by atoms with Gasteiger partial charge in [0.2, 0.25) is 0 Å². The maximum Gasteiger partial charge on any atom is 0.177 e. The summed E-state index contributed by atoms with van der Waals surface area (Å²) in [6.45, 7) is 0. The van der Waals surface area contributed by atoms with E-state index in [-0.39, 0.29) is 5.17 Å². The molecule has 0 spiro atoms. The molecule has 0 bridgehead atoms. The Balaban J connectivity index is 2.80. The predicted octanol–water partition coefficient (Wildman–Crippen LogP) is 3.31. The Morgan fingerprint density at radius 3 is 3.00 bits per heavy atom. The average Bonchev–Trinajstić information content (AvgIpc) is 2.62. The standard InChI is InChI=1S/C9H6BrClN2O/c10-6-2-1-3-7-8(6)5(4-12-7)9(11)13-14/h1-4,12,14H/b13-9-. The minimum absolute atomic E-state index is 0.0724. The molecule has 72 valence electrons. The fraction of sp³-hybridized carbons (Fsp3) is 0. The van der Waals surface area contributed by atoms with Crippen molar-refractivity contribution in [3.8, 4) is 0 Å². The lowest BCUT2D eigenvalue weighted by atomic mass is 10.2. The lowest BCUT2D eigenvalue weighted by molar-refractivity contribution is 0.321. The SMILES string of the molecule is O/N=C(\Cl)c1c[nH]c2cccc(Br)c12. The van der Waals surface area contributed by atoms with Crippen LogP contribution in [-0.4, -0.2) is 15.4 Å². The van der Waals surface area contributed by atoms with Crippen LogP contribution >= 0.6 is 27.5 Å². The van der Waals surface area contributed by atoms with E-state index in [4.69, 9.17) is 16.8 Å². The summed E-state index contributed by atoms with van der Waals surface area (Å²) < 4.78 is 0.910. The van der Waals surface area contributed by atoms with E-state index in [1.54, 1.807) is 6.20 Å². The molecule has 1 heterocycles. The van der Waals surface area contributed by atoms with E-state index in [2.05, 4.69) is 26.1 Å². The van der Waals surface area contributed by atoms with Crippen molar-refractivity contribution in [2.24, 2.45) is 5.16 Å². The summed E-state index contributed by atoms with van der Waals surface area (Å²) in [5, 5.41) is 12.5. The van der Waals surface area contributed by atoms with Crippen molar-refractivity contribution in [3.63, 3.8) is 0 Å². The summed E-state index contributed by atoms with van der Waals surface area (Å²) in [4.78, 5) is 3.04. The van der Waals surface area contributed by atoms with Gasteiger partial charge in [0, 0.05) is 27.1 Å². The van der Waals surface area contributed by atoms with Crippen molar-refractivity contribution in [1.82, 2.24) is 4.98 Å². The minimum atomic E-state index is 0.0724. The number of fused-ring (bicyclic) bond motifs is 1. The number of nitrogens with one attached hydrogen (secondary N) is 1. The first-order valence-corrected chi connectivity index (χ1v) is 5.04. The second-order valence-electron chi connectivity index (χ2n) is 2.76. The van der Waals surface area contributed by atoms with E-state index in [1.807, 2.05) is 18.2 Å². The normalized spacial score (nSPS) is 12.3. The van der Waals surface area contributed by atoms with Crippen molar-refractivity contribution in [1.29, 1.82) is 0 Å². The van der Waals surface area contributed by atoms with Crippen LogP contribution in [-0.2, 0) is 0 Å². The third-order valence-electron chi connectivity index (χ3n) is 1.97. The first kappa shape index (κ1) is 9.55. The summed E-state index contributed by atoms with van der Waals surface area (Å²) in [5.74, 6) is 0. The lowest BCUT2D eigenvalue weighted by Crippen LogP contribution is -1.88. The second kappa shape index (κ2) is 3.63. The number of hydrogen-bond donors (Lipinski definition) is 2. The fourth-order valence-corrected chi connectivity index (χ4v) is 2.09. The van der Waals surface area contributed by atoms with Crippen LogP contribution in [0.15, 0.2) is 34.0 Å². The van der Waals surface area contributed by atoms with Crippen LogP contribution in [0.4, 0.5) is 0 Å². The van der Waals surface area contributed by atoms with E-state index in [9.17, 15) is 0 Å². The quantitative estimate of drug-likeness (QED) is 0.467. The number of hydrogen-bond acceptors (Lipinski definition) is 2. The number of nitrogens with zero attached hydrogens (tertiary/aromatic N) is 1. The van der Waals surface area contributed by atoms with Gasteiger partial charge in [0.15, 0.2) is 5.17 Å². The van der Waals surface area contributed by atoms with Crippen molar-refractivity contribution < 1.29 is 5.21 Å². The van der Waals surface area contributed by atoms with Crippen LogP contribution in [0, 0.1) is 0 Å². The molecule has 2 aromatic rings. The highest BCUT2D eigenvalue weighted by molar-refractivity contribution is 9.10. The first-order chi connectivity index (χ1) is 6.74. The highest BCUT2D eigenvalue weighted by atomic mass is 79.9. The van der Waals surface area contributed by atoms with Gasteiger partial charge in [-0.3, -0.25) is 0 Å². The first-order valence-electron chi connectivity index (χ1n) is 3.87. The average molecular weight is 274 g/mol. The topological polar surface area (TPSA) is 48.4 Å². The Hall–Kier alpha value is -1.000. The third-order valence-corrected chi connectivity index (χ3v) is 2.91. The molecule has 0 fully saturated rings. The Bertz CT molecular complexity index is 506. The van der Waals surface area contributed by atoms with Crippen LogP contribution in [0.25, 0.3) is 10.9 Å². The Morgan fingerprint density at radius 2 is 2.29 bits per heavy atom. The van der Waals surface area contributed by atoms with Gasteiger partial charge in [-0.1, -0.05) is 38.8 Å². The number of aromatic amines is 1. The van der Waals surface area contributed by atoms with Crippen LogP contribution in [0.5, 0.6) is 0 Å². The molecule has 14 heavy (non-hydrogen) atoms. The molecule has 2 N–H and O–H groups in total. The van der Waals surface area contributed by atoms with Gasteiger partial charge in [-0.25, -0.2) is 0 Å². The van der Waals surface area contributed by atoms with Gasteiger partial charge in [0.1, 0.15) is 0 Å². The van der Waals surface area contributed by atoms with Gasteiger partial charge >= 0.3 is 0 Å². The third kappa shape index (κ3) is 1.40. The van der Waals surface area contributed by atoms with E-state index < -0.39 is 0 Å². The van der Waals surface area contributed by atoms with Gasteiger partial charge in [-0.15, -0.1) is 0 Å². The van der Waals surface area contributed by atoms with Crippen molar-refractivity contribution >= 4 is 43.6 Å². The zero-order chi connectivity index (χ0) is 10.1. The maximum absolute atomic E-state index is 8.58. The molecular weight excluding hydrogens is 267 g/mol. The number of aromatic nitrogens is 1. The van der Waals surface area contributed by atoms with E-state index >= 15 is 0 Å². The Kier molecular flexibility index (Phi) is 2.48. The zero-order valence-electron chi connectivity index (χ0n) is 6.96. The highest BCUT2D eigenvalue weighted by Gasteiger charge is 2.10. The molecule has 0 aliphatic heterocycles. The van der Waals surface area contributed by atoms with Gasteiger partial charge in [0.05, 0.1) is 0 Å². The fourth-order valence-electron chi connectivity index (χ4n) is 1.36. The Morgan fingerprint density at radius 1 is 1.50 bits per heavy atom. The smallest absolute Gasteiger partial charge is 0.177 e. The van der Waals surface area contributed by atoms with Crippen molar-refractivity contribution in [2.75, 3.05) is 0 Å². The molecule has 0 unspecified atom stereocenters. The minimum Gasteiger partial charge on any atom is -0.410 e. The van der Waals surface area contributed by atoms with Gasteiger partial charge in [-0.2, -0.15) is 0 Å². The highest BCUT2D eigenvalue weighted by Crippen LogP contribution is 2.27. The second-order valence-corrected chi connectivity index (χ2v) is 3.97. The molecule has 1 aromatic carbocycles. The van der Waals surface area contributed by atoms with Crippen molar-refractivity contribution in [2.45, 2.75) is 0 Å². The monoisotopic (exact) mass is 272 g/mol. The van der Waals surface area contributed by atoms with Crippen molar-refractivity contribution in [3.05, 3.63) is 34.4 Å². The summed E-state index contributed by atoms with van der Waals surface area (Å²) >= 11 is 9.15. The van der Waals surface area contributed by atoms with E-state index in [0.717, 1.165) is 15.4 Å². The largest absolute Gasteiger partial charge is 0.410 e. The summed E-state index contributed by atoms with van der Waals surface area (Å²) in [5.41, 5.74) is 1.62. The Labute approximate surface area is 93.5 Å². The number of H-pyrrole nitrogens is 1. The zero-order valence-corrected chi connectivity index (χ0v) is 9.30. The molecule has 0 aliphatic carbocycles. The molecule has 0 saturated carbocycles. The lowest BCUT2D eigenvalue weighted by Gasteiger charge is -1.96. The van der Waals surface area contributed by atoms with Crippen LogP contribution in [0.2, 0.25) is 0 Å². The van der Waals surface area contributed by atoms with Crippen LogP contribution in [0.1, 0.15) is 5.56 Å². The van der Waals surface area contributed by atoms with Crippen LogP contribution in [0.3, 0.4) is 0 Å². The van der Waals surface area contributed by atoms with Gasteiger partial charge < -0.3 is 10.2 Å². The number of oxime groups is 1. The molecule has 2 rings (SSSR count). The summed E-state index contributed by atoms with van der Waals surface area (Å²) in [6, 6.07) is 5.74. The van der Waals surface area contributed by atoms with Gasteiger partial charge in [0.25, 0.3) is 0 Å². The molecule has 5 heteroatoms. The maximum atomic E-state index is 8.58. The number of rotatable bonds is 1.